The molecule has 3 aromatic rings. The summed E-state index contributed by atoms with van der Waals surface area (Å²) in [4.78, 5) is 27.5. The Hall–Kier alpha value is -3.14. The standard InChI is InChI=1S/C27H25BrClN3O5/c1-3-36-23-13-17(12-21(28)24(23)37-15-16-8-10-18(29)11-9-16)19-14-31(2)27(25(19)32(34)35)20-6-4-5-7-22(20)30-26(27)33/h4-13,19,25H,3,14-15H2,1-2H3,(H,30,33)/t19-,25+,27+/m0/s1. The van der Waals surface area contributed by atoms with Gasteiger partial charge >= 0.3 is 0 Å². The largest absolute Gasteiger partial charge is 0.490 e. The van der Waals surface area contributed by atoms with E-state index in [4.69, 9.17) is 21.1 Å². The van der Waals surface area contributed by atoms with Gasteiger partial charge in [0, 0.05) is 27.7 Å². The highest BCUT2D eigenvalue weighted by molar-refractivity contribution is 9.10. The Labute approximate surface area is 227 Å². The molecular weight excluding hydrogens is 562 g/mol. The number of nitro groups is 1. The molecule has 0 aliphatic carbocycles. The van der Waals surface area contributed by atoms with E-state index in [9.17, 15) is 14.9 Å². The summed E-state index contributed by atoms with van der Waals surface area (Å²) >= 11 is 9.58. The number of hydrogen-bond donors (Lipinski definition) is 1. The van der Waals surface area contributed by atoms with Crippen LogP contribution in [0.1, 0.15) is 29.5 Å². The lowest BCUT2D eigenvalue weighted by molar-refractivity contribution is -0.534. The predicted octanol–water partition coefficient (Wildman–Crippen LogP) is 5.60. The van der Waals surface area contributed by atoms with Crippen molar-refractivity contribution in [1.82, 2.24) is 4.90 Å². The maximum atomic E-state index is 13.4. The molecule has 2 heterocycles. The third kappa shape index (κ3) is 4.24. The second-order valence-corrected chi connectivity index (χ2v) is 10.5. The zero-order chi connectivity index (χ0) is 26.3. The van der Waals surface area contributed by atoms with Crippen molar-refractivity contribution in [3.63, 3.8) is 0 Å². The lowest BCUT2D eigenvalue weighted by Gasteiger charge is -2.30. The summed E-state index contributed by atoms with van der Waals surface area (Å²) in [5.74, 6) is 0.0242. The molecule has 1 N–H and O–H groups in total. The van der Waals surface area contributed by atoms with E-state index in [1.165, 1.54) is 0 Å². The lowest BCUT2D eigenvalue weighted by atomic mass is 9.79. The van der Waals surface area contributed by atoms with Crippen molar-refractivity contribution in [3.8, 4) is 11.5 Å². The molecule has 1 fully saturated rings. The van der Waals surface area contributed by atoms with E-state index in [-0.39, 0.29) is 10.8 Å². The van der Waals surface area contributed by atoms with Gasteiger partial charge in [-0.1, -0.05) is 41.9 Å². The van der Waals surface area contributed by atoms with Crippen LogP contribution in [0.5, 0.6) is 11.5 Å². The fraction of sp³-hybridized carbons (Fsp3) is 0.296. The molecule has 1 amide bonds. The summed E-state index contributed by atoms with van der Waals surface area (Å²) in [6, 6.07) is 16.9. The van der Waals surface area contributed by atoms with Gasteiger partial charge in [-0.3, -0.25) is 19.8 Å². The predicted molar refractivity (Wildman–Crippen MR) is 144 cm³/mol. The highest BCUT2D eigenvalue weighted by Crippen LogP contribution is 2.53. The van der Waals surface area contributed by atoms with Crippen molar-refractivity contribution >= 4 is 39.1 Å². The van der Waals surface area contributed by atoms with Crippen LogP contribution in [0.15, 0.2) is 65.1 Å². The molecule has 5 rings (SSSR count). The fourth-order valence-corrected chi connectivity index (χ4v) is 6.22. The maximum absolute atomic E-state index is 13.4. The van der Waals surface area contributed by atoms with Gasteiger partial charge in [-0.15, -0.1) is 0 Å². The van der Waals surface area contributed by atoms with Gasteiger partial charge in [0.25, 0.3) is 11.9 Å². The number of nitrogens with zero attached hydrogens (tertiary/aromatic N) is 2. The summed E-state index contributed by atoms with van der Waals surface area (Å²) in [6.45, 7) is 2.85. The fourth-order valence-electron chi connectivity index (χ4n) is 5.52. The van der Waals surface area contributed by atoms with E-state index in [1.807, 2.05) is 25.1 Å². The van der Waals surface area contributed by atoms with E-state index in [1.54, 1.807) is 54.4 Å². The van der Waals surface area contributed by atoms with Crippen LogP contribution in [0.4, 0.5) is 5.69 Å². The van der Waals surface area contributed by atoms with Gasteiger partial charge in [0.2, 0.25) is 0 Å². The van der Waals surface area contributed by atoms with Crippen molar-refractivity contribution in [3.05, 3.63) is 97.0 Å². The first-order chi connectivity index (χ1) is 17.8. The second-order valence-electron chi connectivity index (χ2n) is 9.16. The Morgan fingerprint density at radius 3 is 2.62 bits per heavy atom. The number of para-hydroxylation sites is 1. The Morgan fingerprint density at radius 2 is 1.92 bits per heavy atom. The van der Waals surface area contributed by atoms with Crippen LogP contribution in [0, 0.1) is 10.1 Å². The number of fused-ring (bicyclic) bond motifs is 2. The van der Waals surface area contributed by atoms with Crippen LogP contribution in [-0.2, 0) is 16.9 Å². The molecule has 1 spiro atoms. The van der Waals surface area contributed by atoms with Crippen LogP contribution >= 0.6 is 27.5 Å². The van der Waals surface area contributed by atoms with Crippen molar-refractivity contribution in [1.29, 1.82) is 0 Å². The number of rotatable bonds is 7. The Balaban J connectivity index is 1.53. The Bertz CT molecular complexity index is 1370. The van der Waals surface area contributed by atoms with Crippen molar-refractivity contribution in [2.24, 2.45) is 0 Å². The third-order valence-corrected chi connectivity index (χ3v) is 7.94. The molecule has 2 aliphatic rings. The first-order valence-corrected chi connectivity index (χ1v) is 13.0. The van der Waals surface area contributed by atoms with Gasteiger partial charge in [0.15, 0.2) is 17.0 Å². The zero-order valence-electron chi connectivity index (χ0n) is 20.2. The van der Waals surface area contributed by atoms with Crippen LogP contribution in [0.2, 0.25) is 5.02 Å². The first-order valence-electron chi connectivity index (χ1n) is 11.9. The Kier molecular flexibility index (Phi) is 6.87. The number of anilines is 1. The summed E-state index contributed by atoms with van der Waals surface area (Å²) in [6.07, 6.45) is 0. The average molecular weight is 587 g/mol. The van der Waals surface area contributed by atoms with Crippen molar-refractivity contribution < 1.29 is 19.2 Å². The molecule has 8 nitrogen and oxygen atoms in total. The number of ether oxygens (including phenoxy) is 2. The van der Waals surface area contributed by atoms with Crippen LogP contribution in [0.3, 0.4) is 0 Å². The molecule has 0 saturated carbocycles. The number of hydrogen-bond acceptors (Lipinski definition) is 6. The number of nitrogens with one attached hydrogen (secondary N) is 1. The first kappa shape index (κ1) is 25.5. The van der Waals surface area contributed by atoms with Gasteiger partial charge in [-0.25, -0.2) is 0 Å². The van der Waals surface area contributed by atoms with Gasteiger partial charge in [-0.05, 0) is 71.4 Å². The Morgan fingerprint density at radius 1 is 1.19 bits per heavy atom. The number of carbonyl (C=O) groups is 1. The zero-order valence-corrected chi connectivity index (χ0v) is 22.6. The van der Waals surface area contributed by atoms with Gasteiger partial charge < -0.3 is 14.8 Å². The van der Waals surface area contributed by atoms with Crippen LogP contribution < -0.4 is 14.8 Å². The van der Waals surface area contributed by atoms with Crippen LogP contribution in [-0.4, -0.2) is 42.0 Å². The van der Waals surface area contributed by atoms with Crippen molar-refractivity contribution in [2.75, 3.05) is 25.5 Å². The van der Waals surface area contributed by atoms with Crippen molar-refractivity contribution in [2.45, 2.75) is 31.0 Å². The highest BCUT2D eigenvalue weighted by Gasteiger charge is 2.68. The molecule has 0 radical (unpaired) electrons. The number of benzene rings is 3. The summed E-state index contributed by atoms with van der Waals surface area (Å²) in [5, 5.41) is 16.1. The van der Waals surface area contributed by atoms with Gasteiger partial charge in [0.1, 0.15) is 6.61 Å². The number of likely N-dealkylation sites (N-methyl/N-ethyl adjacent to an activating group) is 1. The molecular formula is C27H25BrClN3O5. The molecule has 10 heteroatoms. The minimum absolute atomic E-state index is 0.291. The SMILES string of the molecule is CCOc1cc([C@@H]2CN(C)[C@@]3(C(=O)Nc4ccccc43)[C@@H]2[N+](=O)[O-])cc(Br)c1OCc1ccc(Cl)cc1. The van der Waals surface area contributed by atoms with Gasteiger partial charge in [0.05, 0.1) is 17.0 Å². The van der Waals surface area contributed by atoms with E-state index in [2.05, 4.69) is 21.2 Å². The quantitative estimate of drug-likeness (QED) is 0.286. The molecule has 192 valence electrons. The molecule has 1 saturated heterocycles. The number of halogens is 2. The topological polar surface area (TPSA) is 93.9 Å². The minimum atomic E-state index is -1.41. The second kappa shape index (κ2) is 9.96. The molecule has 3 atom stereocenters. The number of likely N-dealkylation sites (tertiary alicyclic amines) is 1. The molecule has 37 heavy (non-hydrogen) atoms. The molecule has 2 aliphatic heterocycles. The highest BCUT2D eigenvalue weighted by atomic mass is 79.9. The summed E-state index contributed by atoms with van der Waals surface area (Å²) < 4.78 is 12.6. The molecule has 3 aromatic carbocycles. The number of carbonyl (C=O) groups excluding carboxylic acids is 1. The van der Waals surface area contributed by atoms with Gasteiger partial charge in [-0.2, -0.15) is 0 Å². The molecule has 0 unspecified atom stereocenters. The monoisotopic (exact) mass is 585 g/mol. The van der Waals surface area contributed by atoms with Crippen LogP contribution in [0.25, 0.3) is 0 Å². The molecule has 0 bridgehead atoms. The van der Waals surface area contributed by atoms with E-state index < -0.39 is 17.5 Å². The summed E-state index contributed by atoms with van der Waals surface area (Å²) in [7, 11) is 1.76. The lowest BCUT2D eigenvalue weighted by Crippen LogP contribution is -2.54. The minimum Gasteiger partial charge on any atom is -0.490 e. The third-order valence-electron chi connectivity index (χ3n) is 7.10. The number of amides is 1. The van der Waals surface area contributed by atoms with E-state index in [0.717, 1.165) is 5.56 Å². The smallest absolute Gasteiger partial charge is 0.256 e. The molecule has 0 aromatic heterocycles. The normalized spacial score (nSPS) is 22.6. The maximum Gasteiger partial charge on any atom is 0.256 e. The van der Waals surface area contributed by atoms with E-state index >= 15 is 0 Å². The average Bonchev–Trinajstić information content (AvgIpc) is 3.34. The summed E-state index contributed by atoms with van der Waals surface area (Å²) in [5.41, 5.74) is 1.44. The van der Waals surface area contributed by atoms with E-state index in [0.29, 0.717) is 57.6 Å².